The van der Waals surface area contributed by atoms with E-state index in [1.807, 2.05) is 0 Å². The number of hydrogen-bond donors (Lipinski definition) is 3. The van der Waals surface area contributed by atoms with Gasteiger partial charge in [0.05, 0.1) is 16.9 Å². The molecule has 12 heteroatoms. The summed E-state index contributed by atoms with van der Waals surface area (Å²) in [6.07, 6.45) is 4.52. The summed E-state index contributed by atoms with van der Waals surface area (Å²) in [6.45, 7) is 1.54. The van der Waals surface area contributed by atoms with Crippen LogP contribution in [0.3, 0.4) is 0 Å². The molecule has 0 radical (unpaired) electrons. The summed E-state index contributed by atoms with van der Waals surface area (Å²) >= 11 is 0. The monoisotopic (exact) mass is 519 g/mol. The van der Waals surface area contributed by atoms with E-state index >= 15 is 0 Å². The van der Waals surface area contributed by atoms with Crippen molar-refractivity contribution in [2.75, 3.05) is 30.7 Å². The van der Waals surface area contributed by atoms with Crippen LogP contribution in [0.4, 0.5) is 5.69 Å². The highest BCUT2D eigenvalue weighted by Gasteiger charge is 2.45. The van der Waals surface area contributed by atoms with Crippen molar-refractivity contribution in [3.05, 3.63) is 29.3 Å². The second-order valence-electron chi connectivity index (χ2n) is 9.57. The van der Waals surface area contributed by atoms with Gasteiger partial charge in [-0.25, -0.2) is 12.7 Å². The van der Waals surface area contributed by atoms with E-state index in [0.29, 0.717) is 44.6 Å². The van der Waals surface area contributed by atoms with Gasteiger partial charge in [-0.15, -0.1) is 0 Å². The van der Waals surface area contributed by atoms with Gasteiger partial charge in [0, 0.05) is 37.8 Å². The molecule has 0 bridgehead atoms. The summed E-state index contributed by atoms with van der Waals surface area (Å²) in [7, 11) is -3.24. The van der Waals surface area contributed by atoms with Gasteiger partial charge < -0.3 is 11.1 Å². The maximum absolute atomic E-state index is 13.1. The van der Waals surface area contributed by atoms with Crippen molar-refractivity contribution in [1.82, 2.24) is 14.5 Å². The highest BCUT2D eigenvalue weighted by atomic mass is 32.2. The number of carbonyl (C=O) groups is 4. The quantitative estimate of drug-likeness (QED) is 0.303. The Kier molecular flexibility index (Phi) is 8.06. The van der Waals surface area contributed by atoms with Crippen molar-refractivity contribution in [2.24, 2.45) is 5.73 Å². The molecule has 4 N–H and O–H groups in total. The molecule has 2 fully saturated rings. The van der Waals surface area contributed by atoms with Gasteiger partial charge in [0.1, 0.15) is 6.04 Å². The number of unbranched alkanes of at least 4 members (excludes halogenated alkanes) is 3. The molecule has 3 aliphatic rings. The predicted molar refractivity (Wildman–Crippen MR) is 133 cm³/mol. The number of rotatable bonds is 10. The highest BCUT2D eigenvalue weighted by molar-refractivity contribution is 7.89. The predicted octanol–water partition coefficient (Wildman–Crippen LogP) is 0.813. The molecule has 0 aromatic heterocycles. The molecule has 1 aromatic rings. The van der Waals surface area contributed by atoms with Crippen molar-refractivity contribution in [3.63, 3.8) is 0 Å². The largest absolute Gasteiger partial charge is 0.384 e. The van der Waals surface area contributed by atoms with Crippen LogP contribution >= 0.6 is 0 Å². The number of nitrogens with zero attached hydrogens (tertiary/aromatic N) is 2. The number of nitrogens with one attached hydrogen (secondary N) is 2. The fourth-order valence-electron chi connectivity index (χ4n) is 4.93. The average Bonchev–Trinajstić information content (AvgIpc) is 3.09. The minimum Gasteiger partial charge on any atom is -0.384 e. The van der Waals surface area contributed by atoms with Crippen LogP contribution in [0.15, 0.2) is 18.2 Å². The second-order valence-corrected chi connectivity index (χ2v) is 11.7. The number of amides is 4. The van der Waals surface area contributed by atoms with Crippen LogP contribution in [0, 0.1) is 0 Å². The fourth-order valence-corrected chi connectivity index (χ4v) is 6.53. The zero-order chi connectivity index (χ0) is 25.9. The summed E-state index contributed by atoms with van der Waals surface area (Å²) in [6, 6.07) is 4.04. The van der Waals surface area contributed by atoms with E-state index in [-0.39, 0.29) is 35.8 Å². The summed E-state index contributed by atoms with van der Waals surface area (Å²) in [5.41, 5.74) is 6.84. The molecule has 1 atom stereocenters. The van der Waals surface area contributed by atoms with Gasteiger partial charge in [0.2, 0.25) is 21.8 Å². The zero-order valence-electron chi connectivity index (χ0n) is 20.2. The van der Waals surface area contributed by atoms with Gasteiger partial charge in [0.15, 0.2) is 0 Å². The first-order valence-electron chi connectivity index (χ1n) is 12.5. The third-order valence-electron chi connectivity index (χ3n) is 7.00. The molecule has 196 valence electrons. The third-order valence-corrected chi connectivity index (χ3v) is 8.96. The van der Waals surface area contributed by atoms with Gasteiger partial charge in [-0.1, -0.05) is 18.9 Å². The van der Waals surface area contributed by atoms with E-state index in [2.05, 4.69) is 10.6 Å². The van der Waals surface area contributed by atoms with E-state index in [9.17, 15) is 27.6 Å². The van der Waals surface area contributed by atoms with Crippen molar-refractivity contribution < 1.29 is 27.6 Å². The van der Waals surface area contributed by atoms with E-state index in [1.54, 1.807) is 22.5 Å². The lowest BCUT2D eigenvalue weighted by Gasteiger charge is -2.29. The van der Waals surface area contributed by atoms with Crippen LogP contribution in [0.2, 0.25) is 0 Å². The molecule has 0 spiro atoms. The van der Waals surface area contributed by atoms with Crippen LogP contribution < -0.4 is 16.4 Å². The van der Waals surface area contributed by atoms with Crippen LogP contribution in [0.1, 0.15) is 72.1 Å². The standard InChI is InChI=1S/C24H33N5O6S/c25-16-10-13-28(14-11-16)36(34,35)15-4-2-1-3-12-26-18-7-5-6-17-21(18)24(33)29(23(17)32)19-8-9-20(30)27-22(19)31/h5-7,16,19,26H,1-4,8-15,25H2,(H,27,30,31). The number of piperidine rings is 2. The van der Waals surface area contributed by atoms with Crippen molar-refractivity contribution in [3.8, 4) is 0 Å². The third kappa shape index (κ3) is 5.60. The van der Waals surface area contributed by atoms with E-state index in [4.69, 9.17) is 5.73 Å². The molecule has 36 heavy (non-hydrogen) atoms. The average molecular weight is 520 g/mol. The molecule has 0 saturated carbocycles. The van der Waals surface area contributed by atoms with Gasteiger partial charge in [-0.3, -0.25) is 29.4 Å². The first-order valence-corrected chi connectivity index (χ1v) is 14.1. The number of benzene rings is 1. The molecule has 1 unspecified atom stereocenters. The number of anilines is 1. The number of imide groups is 2. The summed E-state index contributed by atoms with van der Waals surface area (Å²) in [4.78, 5) is 50.6. The lowest BCUT2D eigenvalue weighted by atomic mass is 10.0. The molecule has 1 aromatic carbocycles. The number of sulfonamides is 1. The molecular formula is C24H33N5O6S. The summed E-state index contributed by atoms with van der Waals surface area (Å²) in [5.74, 6) is -2.00. The van der Waals surface area contributed by atoms with Gasteiger partial charge in [-0.05, 0) is 44.2 Å². The number of hydrogen-bond acceptors (Lipinski definition) is 8. The minimum absolute atomic E-state index is 0.0718. The van der Waals surface area contributed by atoms with Crippen LogP contribution in [0.25, 0.3) is 0 Å². The van der Waals surface area contributed by atoms with E-state index < -0.39 is 39.7 Å². The molecule has 4 rings (SSSR count). The highest BCUT2D eigenvalue weighted by Crippen LogP contribution is 2.32. The van der Waals surface area contributed by atoms with Crippen LogP contribution in [-0.4, -0.2) is 78.7 Å². The first-order chi connectivity index (χ1) is 17.2. The smallest absolute Gasteiger partial charge is 0.264 e. The molecule has 3 aliphatic heterocycles. The lowest BCUT2D eigenvalue weighted by molar-refractivity contribution is -0.136. The minimum atomic E-state index is -3.24. The Hall–Kier alpha value is -2.83. The summed E-state index contributed by atoms with van der Waals surface area (Å²) < 4.78 is 26.5. The molecule has 4 amide bonds. The Balaban J connectivity index is 1.25. The lowest BCUT2D eigenvalue weighted by Crippen LogP contribution is -2.54. The first kappa shape index (κ1) is 26.2. The van der Waals surface area contributed by atoms with Gasteiger partial charge >= 0.3 is 0 Å². The maximum atomic E-state index is 13.1. The van der Waals surface area contributed by atoms with E-state index in [1.165, 1.54) is 0 Å². The van der Waals surface area contributed by atoms with Crippen molar-refractivity contribution in [1.29, 1.82) is 0 Å². The molecular weight excluding hydrogens is 486 g/mol. The zero-order valence-corrected chi connectivity index (χ0v) is 21.0. The van der Waals surface area contributed by atoms with Gasteiger partial charge in [-0.2, -0.15) is 0 Å². The number of nitrogens with two attached hydrogens (primary N) is 1. The Morgan fingerprint density at radius 1 is 0.972 bits per heavy atom. The maximum Gasteiger partial charge on any atom is 0.264 e. The Labute approximate surface area is 210 Å². The summed E-state index contributed by atoms with van der Waals surface area (Å²) in [5, 5.41) is 5.40. The van der Waals surface area contributed by atoms with Crippen LogP contribution in [0.5, 0.6) is 0 Å². The number of fused-ring (bicyclic) bond motifs is 1. The fraction of sp³-hybridized carbons (Fsp3) is 0.583. The number of carbonyl (C=O) groups excluding carboxylic acids is 4. The molecule has 2 saturated heterocycles. The SMILES string of the molecule is NC1CCN(S(=O)(=O)CCCCCCNc2cccc3c2C(=O)N(C2CCC(=O)NC2=O)C3=O)CC1. The van der Waals surface area contributed by atoms with Gasteiger partial charge in [0.25, 0.3) is 11.8 Å². The van der Waals surface area contributed by atoms with Crippen molar-refractivity contribution in [2.45, 2.75) is 63.5 Å². The molecule has 0 aliphatic carbocycles. The topological polar surface area (TPSA) is 159 Å². The molecule has 3 heterocycles. The second kappa shape index (κ2) is 11.1. The van der Waals surface area contributed by atoms with E-state index in [0.717, 1.165) is 24.2 Å². The van der Waals surface area contributed by atoms with Crippen molar-refractivity contribution >= 4 is 39.3 Å². The Bertz CT molecular complexity index is 1150. The Morgan fingerprint density at radius 3 is 2.42 bits per heavy atom. The Morgan fingerprint density at radius 2 is 1.69 bits per heavy atom. The normalized spacial score (nSPS) is 21.6. The molecule has 11 nitrogen and oxygen atoms in total. The van der Waals surface area contributed by atoms with Crippen LogP contribution in [-0.2, 0) is 19.6 Å².